The Labute approximate surface area is 185 Å². The fourth-order valence-electron chi connectivity index (χ4n) is 3.66. The van der Waals surface area contributed by atoms with Crippen LogP contribution in [0.5, 0.6) is 0 Å². The summed E-state index contributed by atoms with van der Waals surface area (Å²) < 4.78 is 15.4. The van der Waals surface area contributed by atoms with E-state index in [1.165, 1.54) is 30.1 Å². The molecule has 0 saturated heterocycles. The van der Waals surface area contributed by atoms with Gasteiger partial charge in [-0.1, -0.05) is 32.0 Å². The van der Waals surface area contributed by atoms with Gasteiger partial charge >= 0.3 is 0 Å². The van der Waals surface area contributed by atoms with Crippen molar-refractivity contribution in [2.75, 3.05) is 11.9 Å². The number of allylic oxidation sites excluding steroid dienone is 3. The van der Waals surface area contributed by atoms with Crippen molar-refractivity contribution < 1.29 is 4.39 Å². The van der Waals surface area contributed by atoms with Gasteiger partial charge in [0.25, 0.3) is 0 Å². The topological polar surface area (TPSA) is 83.3 Å². The number of halogens is 1. The molecule has 0 unspecified atom stereocenters. The highest BCUT2D eigenvalue weighted by Crippen LogP contribution is 2.24. The Hall–Kier alpha value is -3.81. The molecule has 0 saturated carbocycles. The Morgan fingerprint density at radius 2 is 2.12 bits per heavy atom. The van der Waals surface area contributed by atoms with Crippen LogP contribution in [0.15, 0.2) is 59.8 Å². The minimum Gasteiger partial charge on any atom is -0.361 e. The Balaban J connectivity index is 1.69. The monoisotopic (exact) mass is 431 g/mol. The lowest BCUT2D eigenvalue weighted by molar-refractivity contribution is 0.641. The predicted octanol–water partition coefficient (Wildman–Crippen LogP) is 5.30. The van der Waals surface area contributed by atoms with Gasteiger partial charge in [0, 0.05) is 41.0 Å². The zero-order valence-electron chi connectivity index (χ0n) is 18.4. The molecule has 0 atom stereocenters. The van der Waals surface area contributed by atoms with Gasteiger partial charge in [0.15, 0.2) is 11.5 Å². The third-order valence-corrected chi connectivity index (χ3v) is 5.21. The third-order valence-electron chi connectivity index (χ3n) is 5.21. The Morgan fingerprint density at radius 3 is 2.88 bits per heavy atom. The molecular weight excluding hydrogens is 405 g/mol. The van der Waals surface area contributed by atoms with Gasteiger partial charge in [-0.2, -0.15) is 14.6 Å². The lowest BCUT2D eigenvalue weighted by Gasteiger charge is -2.11. The minimum absolute atomic E-state index is 0.220. The molecule has 7 nitrogen and oxygen atoms in total. The first-order valence-electron chi connectivity index (χ1n) is 10.5. The van der Waals surface area contributed by atoms with Crippen molar-refractivity contribution >= 4 is 34.8 Å². The van der Waals surface area contributed by atoms with Gasteiger partial charge in [0.2, 0.25) is 5.95 Å². The van der Waals surface area contributed by atoms with Crippen LogP contribution >= 0.6 is 0 Å². The number of rotatable bonds is 8. The summed E-state index contributed by atoms with van der Waals surface area (Å²) in [6.45, 7) is 9.66. The Kier molecular flexibility index (Phi) is 6.11. The number of nitrogens with one attached hydrogen (secondary N) is 2. The molecule has 32 heavy (non-hydrogen) atoms. The smallest absolute Gasteiger partial charge is 0.227 e. The second-order valence-electron chi connectivity index (χ2n) is 7.90. The molecule has 0 fully saturated rings. The first kappa shape index (κ1) is 21.4. The quantitative estimate of drug-likeness (QED) is 0.293. The molecule has 0 radical (unpaired) electrons. The zero-order chi connectivity index (χ0) is 22.7. The first-order valence-corrected chi connectivity index (χ1v) is 10.5. The minimum atomic E-state index is -0.366. The number of aliphatic imine (C=N–C) groups is 1. The third kappa shape index (κ3) is 4.30. The first-order chi connectivity index (χ1) is 15.5. The number of aromatic amines is 1. The predicted molar refractivity (Wildman–Crippen MR) is 128 cm³/mol. The lowest BCUT2D eigenvalue weighted by atomic mass is 10.1. The van der Waals surface area contributed by atoms with Gasteiger partial charge < -0.3 is 10.3 Å². The van der Waals surface area contributed by atoms with Crippen molar-refractivity contribution in [3.8, 4) is 0 Å². The van der Waals surface area contributed by atoms with Crippen LogP contribution in [0.2, 0.25) is 0 Å². The van der Waals surface area contributed by atoms with Crippen molar-refractivity contribution in [1.29, 1.82) is 0 Å². The maximum Gasteiger partial charge on any atom is 0.227 e. The summed E-state index contributed by atoms with van der Waals surface area (Å²) in [5, 5.41) is 9.08. The summed E-state index contributed by atoms with van der Waals surface area (Å²) in [5.41, 5.74) is 4.44. The van der Waals surface area contributed by atoms with E-state index in [4.69, 9.17) is 0 Å². The number of hydrogen-bond donors (Lipinski definition) is 2. The van der Waals surface area contributed by atoms with Gasteiger partial charge in [-0.15, -0.1) is 0 Å². The van der Waals surface area contributed by atoms with Gasteiger partial charge in [-0.3, -0.25) is 4.99 Å². The molecule has 4 aromatic rings. The molecule has 0 aliphatic carbocycles. The van der Waals surface area contributed by atoms with Crippen molar-refractivity contribution in [2.24, 2.45) is 4.99 Å². The van der Waals surface area contributed by atoms with E-state index >= 15 is 0 Å². The average Bonchev–Trinajstić information content (AvgIpc) is 3.37. The van der Waals surface area contributed by atoms with Crippen molar-refractivity contribution in [2.45, 2.75) is 33.1 Å². The summed E-state index contributed by atoms with van der Waals surface area (Å²) in [6.07, 6.45) is 7.43. The summed E-state index contributed by atoms with van der Waals surface area (Å²) in [5.74, 6) is 0.753. The van der Waals surface area contributed by atoms with Gasteiger partial charge in [-0.25, -0.2) is 9.37 Å². The standard InChI is InChI=1S/C24H26FN7/c1-15(2)20-14-29-32-23(20)30-22(18(12-26-4)11-16(3)25)31-24(32)27-10-9-17-13-28-21-8-6-5-7-19(17)21/h5-8,11-15,28H,4,9-10H2,1-3H3,(H,27,30,31)/b16-11+,18-12+. The lowest BCUT2D eigenvalue weighted by Crippen LogP contribution is -2.13. The molecule has 0 aliphatic heterocycles. The van der Waals surface area contributed by atoms with E-state index in [1.54, 1.807) is 10.7 Å². The molecule has 0 aliphatic rings. The molecule has 3 heterocycles. The molecule has 0 bridgehead atoms. The van der Waals surface area contributed by atoms with Crippen LogP contribution in [0.1, 0.15) is 43.6 Å². The molecule has 2 N–H and O–H groups in total. The highest BCUT2D eigenvalue weighted by molar-refractivity contribution is 5.83. The molecule has 164 valence electrons. The summed E-state index contributed by atoms with van der Waals surface area (Å²) in [6, 6.07) is 8.22. The van der Waals surface area contributed by atoms with E-state index in [2.05, 4.69) is 63.1 Å². The largest absolute Gasteiger partial charge is 0.361 e. The maximum absolute atomic E-state index is 13.7. The van der Waals surface area contributed by atoms with E-state index < -0.39 is 0 Å². The summed E-state index contributed by atoms with van der Waals surface area (Å²) in [7, 11) is 0. The van der Waals surface area contributed by atoms with Crippen LogP contribution in [-0.4, -0.2) is 37.8 Å². The average molecular weight is 432 g/mol. The fourth-order valence-corrected chi connectivity index (χ4v) is 3.66. The number of nitrogens with zero attached hydrogens (tertiary/aromatic N) is 5. The van der Waals surface area contributed by atoms with E-state index in [1.807, 2.05) is 18.3 Å². The highest BCUT2D eigenvalue weighted by atomic mass is 19.1. The summed E-state index contributed by atoms with van der Waals surface area (Å²) in [4.78, 5) is 16.4. The molecule has 4 rings (SSSR count). The summed E-state index contributed by atoms with van der Waals surface area (Å²) >= 11 is 0. The van der Waals surface area contributed by atoms with Crippen LogP contribution in [0.25, 0.3) is 22.1 Å². The molecule has 1 aromatic carbocycles. The van der Waals surface area contributed by atoms with Crippen molar-refractivity contribution in [1.82, 2.24) is 24.6 Å². The van der Waals surface area contributed by atoms with Crippen LogP contribution in [0, 0.1) is 0 Å². The molecule has 0 spiro atoms. The van der Waals surface area contributed by atoms with Crippen molar-refractivity contribution in [3.63, 3.8) is 0 Å². The number of H-pyrrole nitrogens is 1. The van der Waals surface area contributed by atoms with Gasteiger partial charge in [0.05, 0.1) is 12.0 Å². The number of hydrogen-bond acceptors (Lipinski definition) is 5. The van der Waals surface area contributed by atoms with E-state index in [0.717, 1.165) is 17.5 Å². The Bertz CT molecular complexity index is 1320. The van der Waals surface area contributed by atoms with Gasteiger partial charge in [-0.05, 0) is 43.7 Å². The normalized spacial score (nSPS) is 12.8. The van der Waals surface area contributed by atoms with E-state index in [9.17, 15) is 4.39 Å². The second kappa shape index (κ2) is 9.13. The number of benzene rings is 1. The van der Waals surface area contributed by atoms with E-state index in [-0.39, 0.29) is 11.7 Å². The number of fused-ring (bicyclic) bond motifs is 2. The van der Waals surface area contributed by atoms with Gasteiger partial charge in [0.1, 0.15) is 0 Å². The number of anilines is 1. The molecule has 0 amide bonds. The SMILES string of the molecule is C=N/C=C(\C=C(/C)F)c1nc(NCCc2c[nH]c3ccccc23)n2ncc(C(C)C)c2n1. The number of aromatic nitrogens is 5. The second-order valence-corrected chi connectivity index (χ2v) is 7.90. The molecule has 8 heteroatoms. The van der Waals surface area contributed by atoms with E-state index in [0.29, 0.717) is 29.5 Å². The fraction of sp³-hybridized carbons (Fsp3) is 0.250. The van der Waals surface area contributed by atoms with Crippen LogP contribution in [0.3, 0.4) is 0 Å². The molecule has 3 aromatic heterocycles. The van der Waals surface area contributed by atoms with Crippen LogP contribution in [-0.2, 0) is 6.42 Å². The number of para-hydroxylation sites is 1. The van der Waals surface area contributed by atoms with Crippen molar-refractivity contribution in [3.05, 3.63) is 71.7 Å². The maximum atomic E-state index is 13.7. The Morgan fingerprint density at radius 1 is 1.31 bits per heavy atom. The van der Waals surface area contributed by atoms with Crippen LogP contribution in [0.4, 0.5) is 10.3 Å². The van der Waals surface area contributed by atoms with Crippen LogP contribution < -0.4 is 5.32 Å². The zero-order valence-corrected chi connectivity index (χ0v) is 18.4. The molecular formula is C24H26FN7. The highest BCUT2D eigenvalue weighted by Gasteiger charge is 2.17.